The molecule has 1 N–H and O–H groups in total. The molecule has 0 radical (unpaired) electrons. The first-order chi connectivity index (χ1) is 7.50. The average Bonchev–Trinajstić information content (AvgIpc) is 2.43. The van der Waals surface area contributed by atoms with Crippen LogP contribution in [0.2, 0.25) is 0 Å². The number of hydroxylamine groups is 2. The van der Waals surface area contributed by atoms with E-state index in [1.54, 1.807) is 0 Å². The minimum atomic E-state index is -2.63. The van der Waals surface area contributed by atoms with Gasteiger partial charge in [-0.05, 0) is 25.2 Å². The summed E-state index contributed by atoms with van der Waals surface area (Å²) in [6.45, 7) is 2.03. The molecule has 1 saturated heterocycles. The molecule has 7 heteroatoms. The number of fused-ring (bicyclic) bond motifs is 1. The van der Waals surface area contributed by atoms with Gasteiger partial charge in [0.2, 0.25) is 0 Å². The van der Waals surface area contributed by atoms with Crippen molar-refractivity contribution in [1.82, 2.24) is 5.06 Å². The highest BCUT2D eigenvalue weighted by Crippen LogP contribution is 2.40. The molecule has 0 aromatic heterocycles. The van der Waals surface area contributed by atoms with E-state index < -0.39 is 23.2 Å². The van der Waals surface area contributed by atoms with Gasteiger partial charge in [-0.15, -0.1) is 9.35 Å². The normalized spacial score (nSPS) is 36.4. The number of rotatable bonds is 2. The molecule has 0 bridgehead atoms. The van der Waals surface area contributed by atoms with Crippen LogP contribution >= 0.6 is 0 Å². The third kappa shape index (κ3) is 1.90. The van der Waals surface area contributed by atoms with Crippen LogP contribution in [0.25, 0.3) is 0 Å². The number of carbonyl (C=O) groups excluding carboxylic acids is 2. The zero-order chi connectivity index (χ0) is 11.9. The van der Waals surface area contributed by atoms with Gasteiger partial charge in [0.05, 0.1) is 11.8 Å². The molecule has 1 heterocycles. The number of carbonyl (C=O) groups is 2. The van der Waals surface area contributed by atoms with Gasteiger partial charge in [0, 0.05) is 0 Å². The molecule has 1 saturated carbocycles. The average molecular weight is 247 g/mol. The highest BCUT2D eigenvalue weighted by molar-refractivity contribution is 7.74. The van der Waals surface area contributed by atoms with Gasteiger partial charge in [-0.1, -0.05) is 6.92 Å². The maximum atomic E-state index is 11.8. The van der Waals surface area contributed by atoms with Gasteiger partial charge < -0.3 is 0 Å². The Morgan fingerprint density at radius 1 is 1.31 bits per heavy atom. The Kier molecular flexibility index (Phi) is 3.09. The number of imide groups is 1. The minimum absolute atomic E-state index is 0.368. The van der Waals surface area contributed by atoms with E-state index in [1.165, 1.54) is 0 Å². The van der Waals surface area contributed by atoms with Gasteiger partial charge in [-0.25, -0.2) is 0 Å². The Hall–Kier alpha value is -0.790. The second kappa shape index (κ2) is 4.23. The summed E-state index contributed by atoms with van der Waals surface area (Å²) in [5, 5.41) is 0.462. The summed E-state index contributed by atoms with van der Waals surface area (Å²) in [7, 11) is 0. The van der Waals surface area contributed by atoms with Crippen molar-refractivity contribution in [3.05, 3.63) is 0 Å². The summed E-state index contributed by atoms with van der Waals surface area (Å²) in [6.07, 6.45) is 2.19. The molecule has 90 valence electrons. The van der Waals surface area contributed by atoms with Gasteiger partial charge in [-0.3, -0.25) is 14.1 Å². The molecule has 1 aliphatic heterocycles. The van der Waals surface area contributed by atoms with Crippen LogP contribution in [0.15, 0.2) is 0 Å². The molecule has 6 nitrogen and oxygen atoms in total. The summed E-state index contributed by atoms with van der Waals surface area (Å²) >= 11 is -2.63. The lowest BCUT2D eigenvalue weighted by molar-refractivity contribution is -0.165. The van der Waals surface area contributed by atoms with E-state index in [4.69, 9.17) is 4.55 Å². The summed E-state index contributed by atoms with van der Waals surface area (Å²) in [5.74, 6) is -1.31. The van der Waals surface area contributed by atoms with Crippen molar-refractivity contribution in [2.45, 2.75) is 26.2 Å². The van der Waals surface area contributed by atoms with Crippen LogP contribution in [0.5, 0.6) is 0 Å². The standard InChI is InChI=1S/C9H13NO5S/c1-5-2-3-6-7(4-5)9(12)10(8(6)11)15-16(13)14/h5-7H,2-4H2,1H3,(H,13,14). The third-order valence-corrected chi connectivity index (χ3v) is 3.56. The largest absolute Gasteiger partial charge is 0.325 e. The molecule has 2 amide bonds. The second-order valence-corrected chi connectivity index (χ2v) is 4.98. The van der Waals surface area contributed by atoms with Crippen molar-refractivity contribution in [2.75, 3.05) is 0 Å². The molecule has 2 rings (SSSR count). The highest BCUT2D eigenvalue weighted by atomic mass is 32.2. The zero-order valence-electron chi connectivity index (χ0n) is 8.79. The van der Waals surface area contributed by atoms with Crippen LogP contribution < -0.4 is 0 Å². The van der Waals surface area contributed by atoms with Crippen molar-refractivity contribution < 1.29 is 22.6 Å². The first-order valence-corrected chi connectivity index (χ1v) is 6.21. The SMILES string of the molecule is CC1CCC2C(=O)N(OS(=O)O)C(=O)C2C1. The van der Waals surface area contributed by atoms with Crippen molar-refractivity contribution in [1.29, 1.82) is 0 Å². The summed E-state index contributed by atoms with van der Waals surface area (Å²) < 4.78 is 23.3. The molecule has 2 aliphatic rings. The maximum absolute atomic E-state index is 11.8. The Morgan fingerprint density at radius 3 is 2.56 bits per heavy atom. The lowest BCUT2D eigenvalue weighted by atomic mass is 9.76. The Balaban J connectivity index is 2.17. The lowest BCUT2D eigenvalue weighted by Gasteiger charge is -2.25. The first-order valence-electron chi connectivity index (χ1n) is 5.17. The van der Waals surface area contributed by atoms with Gasteiger partial charge in [0.1, 0.15) is 0 Å². The molecule has 1 aliphatic carbocycles. The lowest BCUT2D eigenvalue weighted by Crippen LogP contribution is -2.31. The van der Waals surface area contributed by atoms with Crippen molar-refractivity contribution in [3.63, 3.8) is 0 Å². The third-order valence-electron chi connectivity index (χ3n) is 3.29. The number of nitrogens with zero attached hydrogens (tertiary/aromatic N) is 1. The van der Waals surface area contributed by atoms with E-state index in [1.807, 2.05) is 6.92 Å². The Morgan fingerprint density at radius 2 is 1.94 bits per heavy atom. The summed E-state index contributed by atoms with van der Waals surface area (Å²) in [6, 6.07) is 0. The van der Waals surface area contributed by atoms with Crippen molar-refractivity contribution >= 4 is 23.2 Å². The van der Waals surface area contributed by atoms with Crippen LogP contribution in [0.1, 0.15) is 26.2 Å². The molecular weight excluding hydrogens is 234 g/mol. The minimum Gasteiger partial charge on any atom is -0.282 e. The summed E-state index contributed by atoms with van der Waals surface area (Å²) in [5.41, 5.74) is 0. The van der Waals surface area contributed by atoms with Gasteiger partial charge in [0.25, 0.3) is 11.8 Å². The topological polar surface area (TPSA) is 83.9 Å². The van der Waals surface area contributed by atoms with Gasteiger partial charge >= 0.3 is 11.4 Å². The quantitative estimate of drug-likeness (QED) is 0.566. The van der Waals surface area contributed by atoms with Crippen LogP contribution in [0.4, 0.5) is 0 Å². The molecule has 4 atom stereocenters. The fourth-order valence-electron chi connectivity index (χ4n) is 2.50. The number of hydrogen-bond donors (Lipinski definition) is 1. The van der Waals surface area contributed by atoms with Gasteiger partial charge in [-0.2, -0.15) is 4.21 Å². The van der Waals surface area contributed by atoms with Crippen molar-refractivity contribution in [3.8, 4) is 0 Å². The van der Waals surface area contributed by atoms with E-state index >= 15 is 0 Å². The molecule has 4 unspecified atom stereocenters. The fourth-order valence-corrected chi connectivity index (χ4v) is 2.77. The zero-order valence-corrected chi connectivity index (χ0v) is 9.61. The van der Waals surface area contributed by atoms with E-state index in [9.17, 15) is 13.8 Å². The van der Waals surface area contributed by atoms with E-state index in [2.05, 4.69) is 4.28 Å². The van der Waals surface area contributed by atoms with Gasteiger partial charge in [0.15, 0.2) is 0 Å². The highest BCUT2D eigenvalue weighted by Gasteiger charge is 2.51. The summed E-state index contributed by atoms with van der Waals surface area (Å²) in [4.78, 5) is 23.5. The molecule has 0 spiro atoms. The predicted molar refractivity (Wildman–Crippen MR) is 53.7 cm³/mol. The predicted octanol–water partition coefficient (Wildman–Crippen LogP) is 0.476. The van der Waals surface area contributed by atoms with E-state index in [0.717, 1.165) is 6.42 Å². The molecule has 2 fully saturated rings. The maximum Gasteiger partial charge on any atom is 0.325 e. The first kappa shape index (κ1) is 11.7. The van der Waals surface area contributed by atoms with E-state index in [-0.39, 0.29) is 11.8 Å². The fraction of sp³-hybridized carbons (Fsp3) is 0.778. The molecule has 0 aromatic rings. The van der Waals surface area contributed by atoms with Crippen LogP contribution in [0.3, 0.4) is 0 Å². The molecule has 16 heavy (non-hydrogen) atoms. The smallest absolute Gasteiger partial charge is 0.282 e. The van der Waals surface area contributed by atoms with Crippen molar-refractivity contribution in [2.24, 2.45) is 17.8 Å². The Bertz CT molecular complexity index is 358. The number of hydrogen-bond acceptors (Lipinski definition) is 4. The molecule has 0 aromatic carbocycles. The second-order valence-electron chi connectivity index (χ2n) is 4.39. The van der Waals surface area contributed by atoms with Crippen LogP contribution in [0, 0.1) is 17.8 Å². The van der Waals surface area contributed by atoms with E-state index in [0.29, 0.717) is 23.8 Å². The number of amides is 2. The Labute approximate surface area is 95.4 Å². The van der Waals surface area contributed by atoms with Crippen LogP contribution in [-0.4, -0.2) is 25.6 Å². The van der Waals surface area contributed by atoms with Crippen LogP contribution in [-0.2, 0) is 25.2 Å². The molecular formula is C9H13NO5S. The monoisotopic (exact) mass is 247 g/mol.